The molecule has 96 valence electrons. The first-order valence-corrected chi connectivity index (χ1v) is 6.01. The van der Waals surface area contributed by atoms with Gasteiger partial charge in [-0.05, 0) is 19.4 Å². The van der Waals surface area contributed by atoms with E-state index >= 15 is 0 Å². The zero-order chi connectivity index (χ0) is 13.1. The van der Waals surface area contributed by atoms with E-state index in [1.807, 2.05) is 13.8 Å². The lowest BCUT2D eigenvalue weighted by Crippen LogP contribution is -2.32. The smallest absolute Gasteiger partial charge is 0.152 e. The van der Waals surface area contributed by atoms with Gasteiger partial charge < -0.3 is 0 Å². The molecule has 3 N–H and O–H groups in total. The van der Waals surface area contributed by atoms with E-state index in [1.54, 1.807) is 23.3 Å². The molecule has 2 aromatic rings. The standard InChI is InChI=1S/C11H15ClN6/c1-3-18-10(8(12)6-16-18)9(17-13)11-14-4-7(2)5-15-11/h4-6,9,17H,3,13H2,1-2H3. The Balaban J connectivity index is 2.44. The molecule has 0 aliphatic rings. The van der Waals surface area contributed by atoms with E-state index in [0.717, 1.165) is 11.3 Å². The number of hydrazine groups is 1. The van der Waals surface area contributed by atoms with E-state index in [9.17, 15) is 0 Å². The Kier molecular flexibility index (Phi) is 3.90. The summed E-state index contributed by atoms with van der Waals surface area (Å²) in [5.41, 5.74) is 4.44. The minimum absolute atomic E-state index is 0.374. The molecule has 18 heavy (non-hydrogen) atoms. The van der Waals surface area contributed by atoms with Crippen molar-refractivity contribution in [3.8, 4) is 0 Å². The van der Waals surface area contributed by atoms with Crippen molar-refractivity contribution in [3.63, 3.8) is 0 Å². The number of hydrogen-bond donors (Lipinski definition) is 2. The van der Waals surface area contributed by atoms with E-state index in [2.05, 4.69) is 20.5 Å². The summed E-state index contributed by atoms with van der Waals surface area (Å²) in [5, 5.41) is 4.73. The molecule has 0 radical (unpaired) electrons. The third-order valence-electron chi connectivity index (χ3n) is 2.63. The number of hydrogen-bond acceptors (Lipinski definition) is 5. The molecule has 0 aromatic carbocycles. The maximum atomic E-state index is 6.14. The van der Waals surface area contributed by atoms with Crippen molar-refractivity contribution < 1.29 is 0 Å². The number of halogens is 1. The quantitative estimate of drug-likeness (QED) is 0.642. The molecule has 1 atom stereocenters. The van der Waals surface area contributed by atoms with Crippen LogP contribution in [0.3, 0.4) is 0 Å². The lowest BCUT2D eigenvalue weighted by molar-refractivity contribution is 0.525. The van der Waals surface area contributed by atoms with Gasteiger partial charge in [-0.25, -0.2) is 15.4 Å². The molecule has 1 unspecified atom stereocenters. The van der Waals surface area contributed by atoms with Gasteiger partial charge in [0.1, 0.15) is 6.04 Å². The lowest BCUT2D eigenvalue weighted by Gasteiger charge is -2.16. The van der Waals surface area contributed by atoms with Gasteiger partial charge >= 0.3 is 0 Å². The predicted molar refractivity (Wildman–Crippen MR) is 68.8 cm³/mol. The predicted octanol–water partition coefficient (Wildman–Crippen LogP) is 1.21. The summed E-state index contributed by atoms with van der Waals surface area (Å²) in [4.78, 5) is 8.54. The average molecular weight is 267 g/mol. The fraction of sp³-hybridized carbons (Fsp3) is 0.364. The third kappa shape index (κ3) is 2.35. The van der Waals surface area contributed by atoms with Crippen molar-refractivity contribution in [1.29, 1.82) is 0 Å². The van der Waals surface area contributed by atoms with Crippen LogP contribution in [0.1, 0.15) is 30.0 Å². The van der Waals surface area contributed by atoms with Gasteiger partial charge in [0.2, 0.25) is 0 Å². The first-order valence-electron chi connectivity index (χ1n) is 5.63. The fourth-order valence-corrected chi connectivity index (χ4v) is 1.99. The second-order valence-corrected chi connectivity index (χ2v) is 4.32. The minimum atomic E-state index is -0.374. The van der Waals surface area contributed by atoms with Crippen molar-refractivity contribution in [3.05, 3.63) is 40.7 Å². The van der Waals surface area contributed by atoms with Crippen LogP contribution in [0.5, 0.6) is 0 Å². The molecule has 7 heteroatoms. The molecule has 2 rings (SSSR count). The highest BCUT2D eigenvalue weighted by Crippen LogP contribution is 2.25. The highest BCUT2D eigenvalue weighted by atomic mass is 35.5. The molecule has 0 aliphatic heterocycles. The molecule has 0 amide bonds. The van der Waals surface area contributed by atoms with Gasteiger partial charge in [0, 0.05) is 18.9 Å². The van der Waals surface area contributed by atoms with E-state index in [1.165, 1.54) is 0 Å². The van der Waals surface area contributed by atoms with Crippen LogP contribution in [-0.4, -0.2) is 19.7 Å². The highest BCUT2D eigenvalue weighted by molar-refractivity contribution is 6.31. The molecule has 2 aromatic heterocycles. The van der Waals surface area contributed by atoms with E-state index < -0.39 is 0 Å². The zero-order valence-corrected chi connectivity index (χ0v) is 11.0. The second kappa shape index (κ2) is 5.43. The summed E-state index contributed by atoms with van der Waals surface area (Å²) >= 11 is 6.14. The summed E-state index contributed by atoms with van der Waals surface area (Å²) in [6.07, 6.45) is 5.08. The van der Waals surface area contributed by atoms with Crippen molar-refractivity contribution in [2.75, 3.05) is 0 Å². The Hall–Kier alpha value is -1.50. The van der Waals surface area contributed by atoms with Crippen LogP contribution in [0.4, 0.5) is 0 Å². The lowest BCUT2D eigenvalue weighted by atomic mass is 10.2. The second-order valence-electron chi connectivity index (χ2n) is 3.91. The molecule has 0 spiro atoms. The minimum Gasteiger partial charge on any atom is -0.270 e. The molecule has 0 aliphatic carbocycles. The van der Waals surface area contributed by atoms with Crippen LogP contribution in [0.2, 0.25) is 5.02 Å². The van der Waals surface area contributed by atoms with E-state index in [0.29, 0.717) is 17.4 Å². The van der Waals surface area contributed by atoms with Crippen molar-refractivity contribution >= 4 is 11.6 Å². The van der Waals surface area contributed by atoms with Gasteiger partial charge in [0.25, 0.3) is 0 Å². The summed E-state index contributed by atoms with van der Waals surface area (Å²) in [6.45, 7) is 4.61. The van der Waals surface area contributed by atoms with E-state index in [-0.39, 0.29) is 6.04 Å². The van der Waals surface area contributed by atoms with E-state index in [4.69, 9.17) is 17.4 Å². The van der Waals surface area contributed by atoms with Gasteiger partial charge in [0.15, 0.2) is 5.82 Å². The molecule has 0 fully saturated rings. The van der Waals surface area contributed by atoms with Gasteiger partial charge in [0.05, 0.1) is 16.9 Å². The summed E-state index contributed by atoms with van der Waals surface area (Å²) in [5.74, 6) is 6.17. The number of rotatable bonds is 4. The SMILES string of the molecule is CCn1ncc(Cl)c1C(NN)c1ncc(C)cn1. The molecule has 0 saturated carbocycles. The first-order chi connectivity index (χ1) is 8.67. The number of nitrogens with zero attached hydrogens (tertiary/aromatic N) is 4. The van der Waals surface area contributed by atoms with Gasteiger partial charge in [-0.15, -0.1) is 0 Å². The van der Waals surface area contributed by atoms with Crippen LogP contribution in [0, 0.1) is 6.92 Å². The Morgan fingerprint density at radius 3 is 2.61 bits per heavy atom. The van der Waals surface area contributed by atoms with Crippen LogP contribution < -0.4 is 11.3 Å². The maximum Gasteiger partial charge on any atom is 0.152 e. The molecule has 2 heterocycles. The summed E-state index contributed by atoms with van der Waals surface area (Å²) < 4.78 is 1.77. The molecule has 6 nitrogen and oxygen atoms in total. The fourth-order valence-electron chi connectivity index (χ4n) is 1.74. The Morgan fingerprint density at radius 2 is 2.06 bits per heavy atom. The maximum absolute atomic E-state index is 6.14. The van der Waals surface area contributed by atoms with Crippen molar-refractivity contribution in [1.82, 2.24) is 25.2 Å². The van der Waals surface area contributed by atoms with Crippen LogP contribution in [0.25, 0.3) is 0 Å². The largest absolute Gasteiger partial charge is 0.270 e. The molecule has 0 bridgehead atoms. The Morgan fingerprint density at radius 1 is 1.39 bits per heavy atom. The first kappa shape index (κ1) is 12.9. The van der Waals surface area contributed by atoms with Crippen LogP contribution >= 0.6 is 11.6 Å². The van der Waals surface area contributed by atoms with Gasteiger partial charge in [-0.3, -0.25) is 10.5 Å². The Labute approximate surface area is 110 Å². The number of nitrogens with one attached hydrogen (secondary N) is 1. The van der Waals surface area contributed by atoms with Crippen molar-refractivity contribution in [2.45, 2.75) is 26.4 Å². The van der Waals surface area contributed by atoms with Crippen LogP contribution in [-0.2, 0) is 6.54 Å². The summed E-state index contributed by atoms with van der Waals surface area (Å²) in [6, 6.07) is -0.374. The summed E-state index contributed by atoms with van der Waals surface area (Å²) in [7, 11) is 0. The zero-order valence-electron chi connectivity index (χ0n) is 10.3. The molecule has 0 saturated heterocycles. The number of nitrogens with two attached hydrogens (primary N) is 1. The van der Waals surface area contributed by atoms with Crippen molar-refractivity contribution in [2.24, 2.45) is 5.84 Å². The van der Waals surface area contributed by atoms with Crippen LogP contribution in [0.15, 0.2) is 18.6 Å². The van der Waals surface area contributed by atoms with Gasteiger partial charge in [-0.2, -0.15) is 5.10 Å². The average Bonchev–Trinajstić information content (AvgIpc) is 2.74. The topological polar surface area (TPSA) is 81.7 Å². The monoisotopic (exact) mass is 266 g/mol. The molecular weight excluding hydrogens is 252 g/mol. The number of aryl methyl sites for hydroxylation is 2. The normalized spacial score (nSPS) is 12.7. The highest BCUT2D eigenvalue weighted by Gasteiger charge is 2.22. The third-order valence-corrected chi connectivity index (χ3v) is 2.92. The number of aromatic nitrogens is 4. The molecular formula is C11H15ClN6. The van der Waals surface area contributed by atoms with Gasteiger partial charge in [-0.1, -0.05) is 11.6 Å². The Bertz CT molecular complexity index is 521.